The van der Waals surface area contributed by atoms with Gasteiger partial charge in [0.1, 0.15) is 5.54 Å². The Labute approximate surface area is 172 Å². The molecule has 2 atom stereocenters. The summed E-state index contributed by atoms with van der Waals surface area (Å²) in [5.74, 6) is 1.08. The number of nitrogens with zero attached hydrogens (tertiary/aromatic N) is 3. The van der Waals surface area contributed by atoms with E-state index in [1.165, 1.54) is 0 Å². The second-order valence-electron chi connectivity index (χ2n) is 9.62. The van der Waals surface area contributed by atoms with Crippen molar-refractivity contribution in [2.24, 2.45) is 5.92 Å². The molecule has 0 spiro atoms. The molecule has 1 aliphatic carbocycles. The molecule has 1 aromatic carbocycles. The number of nitrogens with one attached hydrogen (secondary N) is 1. The van der Waals surface area contributed by atoms with Crippen molar-refractivity contribution in [1.82, 2.24) is 14.7 Å². The van der Waals surface area contributed by atoms with Crippen LogP contribution in [0.2, 0.25) is 0 Å². The smallest absolute Gasteiger partial charge is 0.255 e. The van der Waals surface area contributed by atoms with Gasteiger partial charge in [0.05, 0.1) is 5.41 Å². The van der Waals surface area contributed by atoms with Crippen LogP contribution in [0.5, 0.6) is 0 Å². The summed E-state index contributed by atoms with van der Waals surface area (Å²) in [4.78, 5) is 31.8. The lowest BCUT2D eigenvalue weighted by atomic mass is 9.82. The second-order valence-corrected chi connectivity index (χ2v) is 9.62. The van der Waals surface area contributed by atoms with E-state index in [2.05, 4.69) is 19.1 Å². The average molecular weight is 395 g/mol. The van der Waals surface area contributed by atoms with Gasteiger partial charge in [-0.2, -0.15) is 0 Å². The molecule has 3 heterocycles. The molecule has 6 nitrogen and oxygen atoms in total. The molecule has 3 saturated heterocycles. The standard InChI is InChI=1S/C23H30N4O2/c1-16-14-22(2)19(28)26(21(24)27(16)22)15-17-8-12-25(13-9-17)20(29)23(10-11-23)18-6-4-3-5-7-18/h3-7,16-17,24H,8-15H2,1-2H3. The van der Waals surface area contributed by atoms with Crippen LogP contribution >= 0.6 is 0 Å². The van der Waals surface area contributed by atoms with Gasteiger partial charge in [0.2, 0.25) is 11.9 Å². The zero-order valence-corrected chi connectivity index (χ0v) is 17.4. The van der Waals surface area contributed by atoms with Gasteiger partial charge in [0, 0.05) is 25.7 Å². The fourth-order valence-electron chi connectivity index (χ4n) is 5.85. The van der Waals surface area contributed by atoms with Gasteiger partial charge < -0.3 is 9.80 Å². The molecule has 154 valence electrons. The normalized spacial score (nSPS) is 31.0. The molecule has 4 fully saturated rings. The maximum Gasteiger partial charge on any atom is 0.255 e. The molecular weight excluding hydrogens is 364 g/mol. The highest BCUT2D eigenvalue weighted by molar-refractivity contribution is 6.09. The first kappa shape index (κ1) is 18.6. The van der Waals surface area contributed by atoms with E-state index >= 15 is 0 Å². The lowest BCUT2D eigenvalue weighted by Crippen LogP contribution is -2.63. The largest absolute Gasteiger partial charge is 0.342 e. The minimum atomic E-state index is -0.499. The summed E-state index contributed by atoms with van der Waals surface area (Å²) in [6.45, 7) is 6.17. The van der Waals surface area contributed by atoms with Gasteiger partial charge in [-0.3, -0.25) is 19.9 Å². The maximum atomic E-state index is 13.2. The molecule has 2 amide bonds. The number of carbonyl (C=O) groups excluding carboxylic acids is 2. The predicted molar refractivity (Wildman–Crippen MR) is 110 cm³/mol. The average Bonchev–Trinajstić information content (AvgIpc) is 3.51. The fraction of sp³-hybridized carbons (Fsp3) is 0.609. The van der Waals surface area contributed by atoms with E-state index in [1.54, 1.807) is 4.90 Å². The molecule has 29 heavy (non-hydrogen) atoms. The van der Waals surface area contributed by atoms with Crippen molar-refractivity contribution in [2.75, 3.05) is 19.6 Å². The Kier molecular flexibility index (Phi) is 4.06. The minimum absolute atomic E-state index is 0.0834. The third-order valence-electron chi connectivity index (χ3n) is 7.68. The monoisotopic (exact) mass is 394 g/mol. The molecule has 4 aliphatic rings. The van der Waals surface area contributed by atoms with Crippen LogP contribution in [-0.2, 0) is 15.0 Å². The summed E-state index contributed by atoms with van der Waals surface area (Å²) >= 11 is 0. The quantitative estimate of drug-likeness (QED) is 0.854. The van der Waals surface area contributed by atoms with Gasteiger partial charge in [0.15, 0.2) is 0 Å². The van der Waals surface area contributed by atoms with Gasteiger partial charge in [-0.1, -0.05) is 30.3 Å². The van der Waals surface area contributed by atoms with Crippen LogP contribution in [0.15, 0.2) is 30.3 Å². The van der Waals surface area contributed by atoms with E-state index in [0.717, 1.165) is 50.8 Å². The Morgan fingerprint density at radius 1 is 1.17 bits per heavy atom. The van der Waals surface area contributed by atoms with Gasteiger partial charge in [-0.05, 0) is 57.4 Å². The highest BCUT2D eigenvalue weighted by Gasteiger charge is 2.61. The number of fused-ring (bicyclic) bond motifs is 1. The Balaban J connectivity index is 1.20. The molecule has 3 aliphatic heterocycles. The lowest BCUT2D eigenvalue weighted by Gasteiger charge is -2.49. The van der Waals surface area contributed by atoms with Gasteiger partial charge >= 0.3 is 0 Å². The van der Waals surface area contributed by atoms with Gasteiger partial charge in [0.25, 0.3) is 5.91 Å². The Bertz CT molecular complexity index is 857. The highest BCUT2D eigenvalue weighted by Crippen LogP contribution is 2.50. The van der Waals surface area contributed by atoms with E-state index in [0.29, 0.717) is 18.4 Å². The summed E-state index contributed by atoms with van der Waals surface area (Å²) in [5, 5.41) is 8.46. The summed E-state index contributed by atoms with van der Waals surface area (Å²) in [7, 11) is 0. The van der Waals surface area contributed by atoms with E-state index in [-0.39, 0.29) is 23.3 Å². The van der Waals surface area contributed by atoms with Crippen LogP contribution in [0, 0.1) is 11.3 Å². The number of likely N-dealkylation sites (tertiary alicyclic amines) is 1. The first-order chi connectivity index (χ1) is 13.9. The first-order valence-corrected chi connectivity index (χ1v) is 10.9. The van der Waals surface area contributed by atoms with E-state index < -0.39 is 5.54 Å². The molecule has 1 N–H and O–H groups in total. The molecule has 6 heteroatoms. The zero-order valence-electron chi connectivity index (χ0n) is 17.4. The van der Waals surface area contributed by atoms with Crippen molar-refractivity contribution in [3.8, 4) is 0 Å². The van der Waals surface area contributed by atoms with Crippen molar-refractivity contribution in [1.29, 1.82) is 5.41 Å². The van der Waals surface area contributed by atoms with Gasteiger partial charge in [-0.25, -0.2) is 0 Å². The summed E-state index contributed by atoms with van der Waals surface area (Å²) in [6, 6.07) is 10.5. The number of rotatable bonds is 4. The minimum Gasteiger partial charge on any atom is -0.342 e. The molecule has 0 radical (unpaired) electrons. The third kappa shape index (κ3) is 2.64. The second kappa shape index (κ2) is 6.31. The predicted octanol–water partition coefficient (Wildman–Crippen LogP) is 2.59. The number of benzene rings is 1. The van der Waals surface area contributed by atoms with Crippen LogP contribution in [0.25, 0.3) is 0 Å². The number of carbonyl (C=O) groups is 2. The maximum absolute atomic E-state index is 13.2. The summed E-state index contributed by atoms with van der Waals surface area (Å²) < 4.78 is 0. The fourth-order valence-corrected chi connectivity index (χ4v) is 5.85. The Morgan fingerprint density at radius 3 is 2.38 bits per heavy atom. The van der Waals surface area contributed by atoms with Crippen LogP contribution < -0.4 is 0 Å². The summed E-state index contributed by atoms with van der Waals surface area (Å²) in [6.07, 6.45) is 4.53. The van der Waals surface area contributed by atoms with Crippen LogP contribution in [-0.4, -0.2) is 63.7 Å². The highest BCUT2D eigenvalue weighted by atomic mass is 16.2. The van der Waals surface area contributed by atoms with Crippen molar-refractivity contribution in [3.05, 3.63) is 35.9 Å². The molecule has 0 aromatic heterocycles. The molecule has 5 rings (SSSR count). The Hall–Kier alpha value is -2.37. The van der Waals surface area contributed by atoms with E-state index in [9.17, 15) is 9.59 Å². The number of guanidine groups is 1. The first-order valence-electron chi connectivity index (χ1n) is 10.9. The van der Waals surface area contributed by atoms with Crippen LogP contribution in [0.4, 0.5) is 0 Å². The van der Waals surface area contributed by atoms with Crippen molar-refractivity contribution in [3.63, 3.8) is 0 Å². The van der Waals surface area contributed by atoms with Crippen molar-refractivity contribution >= 4 is 17.8 Å². The number of hydrogen-bond donors (Lipinski definition) is 1. The topological polar surface area (TPSA) is 67.7 Å². The SMILES string of the molecule is CC1CC2(C)C(=O)N(CC3CCN(C(=O)C4(c5ccccc5)CC4)CC3)C(=N)N12. The molecule has 1 saturated carbocycles. The van der Waals surface area contributed by atoms with E-state index in [1.807, 2.05) is 34.9 Å². The van der Waals surface area contributed by atoms with Gasteiger partial charge in [-0.15, -0.1) is 0 Å². The molecule has 2 unspecified atom stereocenters. The van der Waals surface area contributed by atoms with E-state index in [4.69, 9.17) is 5.41 Å². The Morgan fingerprint density at radius 2 is 1.83 bits per heavy atom. The summed E-state index contributed by atoms with van der Waals surface area (Å²) in [5.41, 5.74) is 0.356. The van der Waals surface area contributed by atoms with Crippen molar-refractivity contribution in [2.45, 2.75) is 62.9 Å². The number of piperidine rings is 1. The molecular formula is C23H30N4O2. The molecule has 1 aromatic rings. The zero-order chi connectivity index (χ0) is 20.4. The molecule has 0 bridgehead atoms. The number of hydrogen-bond acceptors (Lipinski definition) is 3. The van der Waals surface area contributed by atoms with Crippen LogP contribution in [0.1, 0.15) is 51.5 Å². The lowest BCUT2D eigenvalue weighted by molar-refractivity contribution is -0.140. The van der Waals surface area contributed by atoms with Crippen LogP contribution in [0.3, 0.4) is 0 Å². The number of amides is 2. The van der Waals surface area contributed by atoms with Crippen molar-refractivity contribution < 1.29 is 9.59 Å². The third-order valence-corrected chi connectivity index (χ3v) is 7.68.